The molecule has 1 aliphatic rings. The number of fused-ring (bicyclic) bond motifs is 2. The van der Waals surface area contributed by atoms with Crippen molar-refractivity contribution in [1.82, 2.24) is 4.98 Å². The smallest absolute Gasteiger partial charge is 0.0729 e. The number of hydrogen-bond acceptors (Lipinski definition) is 2. The van der Waals surface area contributed by atoms with Gasteiger partial charge in [0.05, 0.1) is 5.52 Å². The molecule has 4 rings (SSSR count). The molecular weight excluding hydrogens is 208 g/mol. The van der Waals surface area contributed by atoms with Crippen LogP contribution >= 0.6 is 0 Å². The highest BCUT2D eigenvalue weighted by Crippen LogP contribution is 2.42. The van der Waals surface area contributed by atoms with Crippen LogP contribution in [0.25, 0.3) is 22.0 Å². The highest BCUT2D eigenvalue weighted by molar-refractivity contribution is 6.09. The van der Waals surface area contributed by atoms with Crippen molar-refractivity contribution >= 4 is 22.3 Å². The summed E-state index contributed by atoms with van der Waals surface area (Å²) in [7, 11) is 0. The van der Waals surface area contributed by atoms with Crippen molar-refractivity contribution < 1.29 is 0 Å². The van der Waals surface area contributed by atoms with Crippen molar-refractivity contribution in [2.24, 2.45) is 0 Å². The van der Waals surface area contributed by atoms with Crippen LogP contribution in [-0.4, -0.2) is 4.98 Å². The molecule has 0 bridgehead atoms. The van der Waals surface area contributed by atoms with E-state index in [4.69, 9.17) is 0 Å². The first-order chi connectivity index (χ1) is 8.43. The second-order valence-corrected chi connectivity index (χ2v) is 4.23. The second-order valence-electron chi connectivity index (χ2n) is 4.23. The summed E-state index contributed by atoms with van der Waals surface area (Å²) in [4.78, 5) is 4.42. The van der Waals surface area contributed by atoms with Crippen LogP contribution in [0.4, 0.5) is 11.4 Å². The molecule has 0 aliphatic carbocycles. The van der Waals surface area contributed by atoms with Gasteiger partial charge in [-0.25, -0.2) is 0 Å². The van der Waals surface area contributed by atoms with E-state index in [-0.39, 0.29) is 0 Å². The first-order valence-electron chi connectivity index (χ1n) is 5.68. The maximum absolute atomic E-state index is 4.42. The summed E-state index contributed by atoms with van der Waals surface area (Å²) in [5, 5.41) is 4.68. The summed E-state index contributed by atoms with van der Waals surface area (Å²) in [6.45, 7) is 0. The van der Waals surface area contributed by atoms with Crippen LogP contribution < -0.4 is 5.32 Å². The van der Waals surface area contributed by atoms with Crippen LogP contribution in [0.1, 0.15) is 0 Å². The Kier molecular flexibility index (Phi) is 1.59. The van der Waals surface area contributed by atoms with E-state index in [0.29, 0.717) is 0 Å². The third-order valence-electron chi connectivity index (χ3n) is 3.25. The summed E-state index contributed by atoms with van der Waals surface area (Å²) in [5.41, 5.74) is 5.86. The molecule has 0 atom stereocenters. The first kappa shape index (κ1) is 8.76. The van der Waals surface area contributed by atoms with Gasteiger partial charge in [0, 0.05) is 28.5 Å². The average Bonchev–Trinajstić information content (AvgIpc) is 2.39. The standard InChI is InChI=1S/C15H10N2/c1-2-5-12-10(4-1)11-8-9-16-13-6-3-7-14(17-12)15(11)13/h1-9,17H. The molecule has 2 heterocycles. The number of benzene rings is 2. The third kappa shape index (κ3) is 1.12. The van der Waals surface area contributed by atoms with Gasteiger partial charge in [-0.1, -0.05) is 24.3 Å². The molecular formula is C15H10N2. The molecule has 0 saturated heterocycles. The largest absolute Gasteiger partial charge is 0.354 e. The lowest BCUT2D eigenvalue weighted by Crippen LogP contribution is -2.01. The number of hydrogen-bond donors (Lipinski definition) is 1. The third-order valence-corrected chi connectivity index (χ3v) is 3.25. The molecule has 17 heavy (non-hydrogen) atoms. The monoisotopic (exact) mass is 218 g/mol. The summed E-state index contributed by atoms with van der Waals surface area (Å²) >= 11 is 0. The molecule has 0 amide bonds. The van der Waals surface area contributed by atoms with E-state index in [0.717, 1.165) is 11.2 Å². The lowest BCUT2D eigenvalue weighted by Gasteiger charge is -2.21. The molecule has 1 N–H and O–H groups in total. The van der Waals surface area contributed by atoms with Gasteiger partial charge in [0.2, 0.25) is 0 Å². The Morgan fingerprint density at radius 1 is 0.765 bits per heavy atom. The molecule has 1 aliphatic heterocycles. The van der Waals surface area contributed by atoms with E-state index in [9.17, 15) is 0 Å². The van der Waals surface area contributed by atoms with E-state index in [2.05, 4.69) is 52.8 Å². The summed E-state index contributed by atoms with van der Waals surface area (Å²) in [6, 6.07) is 16.7. The number of anilines is 2. The van der Waals surface area contributed by atoms with Crippen molar-refractivity contribution in [2.45, 2.75) is 0 Å². The van der Waals surface area contributed by atoms with Gasteiger partial charge in [-0.15, -0.1) is 0 Å². The van der Waals surface area contributed by atoms with Gasteiger partial charge in [-0.3, -0.25) is 4.98 Å². The highest BCUT2D eigenvalue weighted by Gasteiger charge is 2.16. The predicted octanol–water partition coefficient (Wildman–Crippen LogP) is 3.96. The van der Waals surface area contributed by atoms with Gasteiger partial charge in [0.1, 0.15) is 0 Å². The van der Waals surface area contributed by atoms with E-state index >= 15 is 0 Å². The highest BCUT2D eigenvalue weighted by atomic mass is 14.9. The van der Waals surface area contributed by atoms with Crippen LogP contribution in [0, 0.1) is 0 Å². The zero-order valence-electron chi connectivity index (χ0n) is 9.14. The van der Waals surface area contributed by atoms with E-state index in [1.54, 1.807) is 0 Å². The van der Waals surface area contributed by atoms with Crippen LogP contribution in [0.2, 0.25) is 0 Å². The quantitative estimate of drug-likeness (QED) is 0.483. The fourth-order valence-electron chi connectivity index (χ4n) is 2.51. The Morgan fingerprint density at radius 2 is 1.65 bits per heavy atom. The molecule has 80 valence electrons. The summed E-state index contributed by atoms with van der Waals surface area (Å²) < 4.78 is 0. The van der Waals surface area contributed by atoms with E-state index in [1.807, 2.05) is 12.3 Å². The van der Waals surface area contributed by atoms with E-state index < -0.39 is 0 Å². The zero-order chi connectivity index (χ0) is 11.2. The molecule has 1 aromatic heterocycles. The van der Waals surface area contributed by atoms with Crippen molar-refractivity contribution in [3.05, 3.63) is 54.7 Å². The SMILES string of the molecule is c1ccc2c(c1)Nc1cccc3nccc-2c13. The maximum Gasteiger partial charge on any atom is 0.0729 e. The number of aromatic nitrogens is 1. The Bertz CT molecular complexity index is 727. The molecule has 0 unspecified atom stereocenters. The van der Waals surface area contributed by atoms with Crippen molar-refractivity contribution in [1.29, 1.82) is 0 Å². The van der Waals surface area contributed by atoms with Crippen molar-refractivity contribution in [2.75, 3.05) is 5.32 Å². The fourth-order valence-corrected chi connectivity index (χ4v) is 2.51. The normalized spacial score (nSPS) is 12.0. The molecule has 2 nitrogen and oxygen atoms in total. The topological polar surface area (TPSA) is 24.9 Å². The number of nitrogens with one attached hydrogen (secondary N) is 1. The fraction of sp³-hybridized carbons (Fsp3) is 0. The van der Waals surface area contributed by atoms with Gasteiger partial charge < -0.3 is 5.32 Å². The number of pyridine rings is 1. The molecule has 0 spiro atoms. The average molecular weight is 218 g/mol. The number of rotatable bonds is 0. The van der Waals surface area contributed by atoms with Gasteiger partial charge in [0.15, 0.2) is 0 Å². The lowest BCUT2D eigenvalue weighted by atomic mass is 9.95. The molecule has 0 saturated carbocycles. The van der Waals surface area contributed by atoms with Gasteiger partial charge in [-0.2, -0.15) is 0 Å². The summed E-state index contributed by atoms with van der Waals surface area (Å²) in [6.07, 6.45) is 1.88. The molecule has 2 heteroatoms. The Labute approximate surface area is 98.9 Å². The number of nitrogens with zero attached hydrogens (tertiary/aromatic N) is 1. The molecule has 0 fully saturated rings. The van der Waals surface area contributed by atoms with Crippen LogP contribution in [0.15, 0.2) is 54.7 Å². The van der Waals surface area contributed by atoms with E-state index in [1.165, 1.54) is 22.2 Å². The van der Waals surface area contributed by atoms with Crippen LogP contribution in [-0.2, 0) is 0 Å². The van der Waals surface area contributed by atoms with Crippen molar-refractivity contribution in [3.8, 4) is 11.1 Å². The molecule has 0 radical (unpaired) electrons. The van der Waals surface area contributed by atoms with Crippen molar-refractivity contribution in [3.63, 3.8) is 0 Å². The zero-order valence-corrected chi connectivity index (χ0v) is 9.14. The lowest BCUT2D eigenvalue weighted by molar-refractivity contribution is 1.40. The molecule has 2 aromatic carbocycles. The minimum absolute atomic E-state index is 1.04. The first-order valence-corrected chi connectivity index (χ1v) is 5.68. The second kappa shape index (κ2) is 3.08. The van der Waals surface area contributed by atoms with Gasteiger partial charge in [-0.05, 0) is 29.8 Å². The summed E-state index contributed by atoms with van der Waals surface area (Å²) in [5.74, 6) is 0. The van der Waals surface area contributed by atoms with Gasteiger partial charge in [0.25, 0.3) is 0 Å². The Balaban J connectivity index is 2.22. The minimum atomic E-state index is 1.04. The Hall–Kier alpha value is -2.35. The molecule has 3 aromatic rings. The van der Waals surface area contributed by atoms with Gasteiger partial charge >= 0.3 is 0 Å². The van der Waals surface area contributed by atoms with Crippen LogP contribution in [0.3, 0.4) is 0 Å². The Morgan fingerprint density at radius 3 is 2.65 bits per heavy atom. The predicted molar refractivity (Wildman–Crippen MR) is 70.5 cm³/mol. The maximum atomic E-state index is 4.42. The van der Waals surface area contributed by atoms with Crippen LogP contribution in [0.5, 0.6) is 0 Å². The minimum Gasteiger partial charge on any atom is -0.354 e. The number of para-hydroxylation sites is 1.